The molecule has 0 radical (unpaired) electrons. The van der Waals surface area contributed by atoms with Crippen LogP contribution in [0.5, 0.6) is 5.75 Å². The van der Waals surface area contributed by atoms with Crippen LogP contribution in [-0.4, -0.2) is 19.7 Å². The number of amides is 1. The standard InChI is InChI=1S/C13H16N2O2/c1-17-10-4-5-11-9(7-10)3-2-6-13(11)12(16)14-8-15-13/h4-5,7,15H,2-3,6,8H2,1H3,(H,14,16). The minimum Gasteiger partial charge on any atom is -0.497 e. The van der Waals surface area contributed by atoms with Gasteiger partial charge in [-0.3, -0.25) is 10.1 Å². The molecule has 3 rings (SSSR count). The van der Waals surface area contributed by atoms with Crippen molar-refractivity contribution >= 4 is 5.91 Å². The molecule has 90 valence electrons. The Labute approximate surface area is 100 Å². The lowest BCUT2D eigenvalue weighted by atomic mass is 9.76. The molecule has 1 heterocycles. The number of methoxy groups -OCH3 is 1. The van der Waals surface area contributed by atoms with Crippen molar-refractivity contribution in [1.82, 2.24) is 10.6 Å². The van der Waals surface area contributed by atoms with E-state index >= 15 is 0 Å². The number of ether oxygens (including phenoxy) is 1. The molecule has 2 aliphatic rings. The molecule has 2 N–H and O–H groups in total. The van der Waals surface area contributed by atoms with E-state index in [4.69, 9.17) is 4.74 Å². The van der Waals surface area contributed by atoms with Gasteiger partial charge in [0, 0.05) is 0 Å². The summed E-state index contributed by atoms with van der Waals surface area (Å²) in [4.78, 5) is 12.1. The van der Waals surface area contributed by atoms with Crippen molar-refractivity contribution in [2.75, 3.05) is 13.8 Å². The Morgan fingerprint density at radius 1 is 1.41 bits per heavy atom. The highest BCUT2D eigenvalue weighted by atomic mass is 16.5. The first-order valence-corrected chi connectivity index (χ1v) is 5.97. The smallest absolute Gasteiger partial charge is 0.245 e. The molecule has 4 heteroatoms. The third-order valence-corrected chi connectivity index (χ3v) is 3.80. The fraction of sp³-hybridized carbons (Fsp3) is 0.462. The van der Waals surface area contributed by atoms with Crippen LogP contribution in [0.2, 0.25) is 0 Å². The van der Waals surface area contributed by atoms with Crippen molar-refractivity contribution in [2.45, 2.75) is 24.8 Å². The van der Waals surface area contributed by atoms with Crippen molar-refractivity contribution in [1.29, 1.82) is 0 Å². The summed E-state index contributed by atoms with van der Waals surface area (Å²) in [7, 11) is 1.67. The van der Waals surface area contributed by atoms with E-state index in [0.717, 1.165) is 30.6 Å². The van der Waals surface area contributed by atoms with Gasteiger partial charge < -0.3 is 10.1 Å². The largest absolute Gasteiger partial charge is 0.497 e. The maximum absolute atomic E-state index is 12.1. The second-order valence-electron chi connectivity index (χ2n) is 4.64. The van der Waals surface area contributed by atoms with Crippen molar-refractivity contribution in [3.63, 3.8) is 0 Å². The maximum atomic E-state index is 12.1. The predicted molar refractivity (Wildman–Crippen MR) is 63.8 cm³/mol. The molecule has 4 nitrogen and oxygen atoms in total. The summed E-state index contributed by atoms with van der Waals surface area (Å²) in [5.74, 6) is 0.961. The first kappa shape index (κ1) is 10.6. The molecule has 1 fully saturated rings. The molecule has 1 unspecified atom stereocenters. The van der Waals surface area contributed by atoms with E-state index in [9.17, 15) is 4.79 Å². The number of hydrogen-bond acceptors (Lipinski definition) is 3. The molecule has 1 saturated heterocycles. The number of carbonyl (C=O) groups excluding carboxylic acids is 1. The Bertz CT molecular complexity index is 472. The lowest BCUT2D eigenvalue weighted by Gasteiger charge is -2.33. The van der Waals surface area contributed by atoms with Gasteiger partial charge in [0.05, 0.1) is 13.8 Å². The van der Waals surface area contributed by atoms with E-state index in [-0.39, 0.29) is 5.91 Å². The quantitative estimate of drug-likeness (QED) is 0.756. The Balaban J connectivity index is 2.11. The number of aryl methyl sites for hydroxylation is 1. The van der Waals surface area contributed by atoms with E-state index in [2.05, 4.69) is 10.6 Å². The number of hydrogen-bond donors (Lipinski definition) is 2. The fourth-order valence-electron chi connectivity index (χ4n) is 2.92. The van der Waals surface area contributed by atoms with E-state index in [1.165, 1.54) is 5.56 Å². The highest BCUT2D eigenvalue weighted by Crippen LogP contribution is 2.38. The molecular weight excluding hydrogens is 216 g/mol. The summed E-state index contributed by atoms with van der Waals surface area (Å²) >= 11 is 0. The van der Waals surface area contributed by atoms with Crippen LogP contribution in [0.15, 0.2) is 18.2 Å². The van der Waals surface area contributed by atoms with Crippen molar-refractivity contribution in [3.8, 4) is 5.75 Å². The molecule has 0 saturated carbocycles. The molecule has 1 atom stereocenters. The van der Waals surface area contributed by atoms with Crippen LogP contribution < -0.4 is 15.4 Å². The Morgan fingerprint density at radius 3 is 3.00 bits per heavy atom. The second-order valence-corrected chi connectivity index (χ2v) is 4.64. The molecule has 1 aromatic carbocycles. The summed E-state index contributed by atoms with van der Waals surface area (Å²) in [5.41, 5.74) is 1.83. The lowest BCUT2D eigenvalue weighted by Crippen LogP contribution is -2.45. The number of rotatable bonds is 1. The molecular formula is C13H16N2O2. The van der Waals surface area contributed by atoms with Gasteiger partial charge in [0.15, 0.2) is 0 Å². The fourth-order valence-corrected chi connectivity index (χ4v) is 2.92. The van der Waals surface area contributed by atoms with E-state index in [0.29, 0.717) is 6.67 Å². The summed E-state index contributed by atoms with van der Waals surface area (Å²) in [6.45, 7) is 0.560. The molecule has 17 heavy (non-hydrogen) atoms. The predicted octanol–water partition coefficient (Wildman–Crippen LogP) is 0.904. The third-order valence-electron chi connectivity index (χ3n) is 3.80. The first-order chi connectivity index (χ1) is 8.26. The third kappa shape index (κ3) is 1.44. The van der Waals surface area contributed by atoms with Gasteiger partial charge in [0.25, 0.3) is 0 Å². The summed E-state index contributed by atoms with van der Waals surface area (Å²) in [6.07, 6.45) is 2.92. The van der Waals surface area contributed by atoms with Gasteiger partial charge in [-0.05, 0) is 42.5 Å². The Morgan fingerprint density at radius 2 is 2.29 bits per heavy atom. The summed E-state index contributed by atoms with van der Waals surface area (Å²) in [5, 5.41) is 6.18. The van der Waals surface area contributed by atoms with Crippen LogP contribution in [0.25, 0.3) is 0 Å². The van der Waals surface area contributed by atoms with Crippen molar-refractivity contribution in [2.24, 2.45) is 0 Å². The van der Waals surface area contributed by atoms with Crippen LogP contribution in [-0.2, 0) is 16.8 Å². The van der Waals surface area contributed by atoms with Gasteiger partial charge in [-0.2, -0.15) is 0 Å². The van der Waals surface area contributed by atoms with E-state index in [1.807, 2.05) is 18.2 Å². The van der Waals surface area contributed by atoms with Crippen LogP contribution in [0.4, 0.5) is 0 Å². The molecule has 1 amide bonds. The van der Waals surface area contributed by atoms with Gasteiger partial charge in [0.1, 0.15) is 11.3 Å². The van der Waals surface area contributed by atoms with Gasteiger partial charge in [-0.1, -0.05) is 6.07 Å². The second kappa shape index (κ2) is 3.74. The zero-order valence-corrected chi connectivity index (χ0v) is 9.88. The van der Waals surface area contributed by atoms with Gasteiger partial charge in [-0.25, -0.2) is 0 Å². The lowest BCUT2D eigenvalue weighted by molar-refractivity contribution is -0.124. The van der Waals surface area contributed by atoms with Crippen LogP contribution in [0, 0.1) is 0 Å². The number of benzene rings is 1. The average molecular weight is 232 g/mol. The van der Waals surface area contributed by atoms with Crippen molar-refractivity contribution < 1.29 is 9.53 Å². The molecule has 1 aromatic rings. The SMILES string of the molecule is COc1ccc2c(c1)CCCC21NCNC1=O. The maximum Gasteiger partial charge on any atom is 0.245 e. The van der Waals surface area contributed by atoms with Crippen molar-refractivity contribution in [3.05, 3.63) is 29.3 Å². The first-order valence-electron chi connectivity index (χ1n) is 5.97. The normalized spacial score (nSPS) is 26.8. The van der Waals surface area contributed by atoms with Crippen LogP contribution in [0.1, 0.15) is 24.0 Å². The molecule has 0 bridgehead atoms. The Hall–Kier alpha value is -1.55. The van der Waals surface area contributed by atoms with E-state index < -0.39 is 5.54 Å². The molecule has 1 aliphatic heterocycles. The zero-order chi connectivity index (χ0) is 11.9. The zero-order valence-electron chi connectivity index (χ0n) is 9.88. The highest BCUT2D eigenvalue weighted by Gasteiger charge is 2.46. The van der Waals surface area contributed by atoms with E-state index in [1.54, 1.807) is 7.11 Å². The summed E-state index contributed by atoms with van der Waals surface area (Å²) < 4.78 is 5.24. The minimum atomic E-state index is -0.500. The molecule has 0 aromatic heterocycles. The monoisotopic (exact) mass is 232 g/mol. The van der Waals surface area contributed by atoms with Gasteiger partial charge in [0.2, 0.25) is 5.91 Å². The average Bonchev–Trinajstić information content (AvgIpc) is 2.71. The number of nitrogens with one attached hydrogen (secondary N) is 2. The molecule has 1 spiro atoms. The summed E-state index contributed by atoms with van der Waals surface area (Å²) in [6, 6.07) is 5.99. The number of carbonyl (C=O) groups is 1. The highest BCUT2D eigenvalue weighted by molar-refractivity contribution is 5.90. The Kier molecular flexibility index (Phi) is 2.33. The number of fused-ring (bicyclic) bond motifs is 2. The minimum absolute atomic E-state index is 0.101. The van der Waals surface area contributed by atoms with Gasteiger partial charge >= 0.3 is 0 Å². The topological polar surface area (TPSA) is 50.4 Å². The van der Waals surface area contributed by atoms with Crippen LogP contribution in [0.3, 0.4) is 0 Å². The van der Waals surface area contributed by atoms with Gasteiger partial charge in [-0.15, -0.1) is 0 Å². The molecule has 1 aliphatic carbocycles. The van der Waals surface area contributed by atoms with Crippen LogP contribution >= 0.6 is 0 Å².